The first-order chi connectivity index (χ1) is 6.07. The Morgan fingerprint density at radius 3 is 2.46 bits per heavy atom. The van der Waals surface area contributed by atoms with Crippen molar-refractivity contribution in [1.29, 1.82) is 0 Å². The van der Waals surface area contributed by atoms with Crippen molar-refractivity contribution in [3.63, 3.8) is 0 Å². The van der Waals surface area contributed by atoms with Crippen molar-refractivity contribution in [2.75, 3.05) is 0 Å². The number of primary amides is 1. The van der Waals surface area contributed by atoms with Crippen LogP contribution < -0.4 is 5.73 Å². The maximum Gasteiger partial charge on any atom is 0.221 e. The van der Waals surface area contributed by atoms with Crippen LogP contribution in [0.5, 0.6) is 0 Å². The number of allylic oxidation sites excluding steroid dienone is 2. The van der Waals surface area contributed by atoms with Crippen molar-refractivity contribution in [2.45, 2.75) is 27.2 Å². The summed E-state index contributed by atoms with van der Waals surface area (Å²) in [6.45, 7) is 6.27. The molecule has 2 heteroatoms. The predicted molar refractivity (Wildman–Crippen MR) is 53.9 cm³/mol. The number of carbonyl (C=O) groups excluding carboxylic acids is 1. The Morgan fingerprint density at radius 1 is 1.46 bits per heavy atom. The topological polar surface area (TPSA) is 43.1 Å². The van der Waals surface area contributed by atoms with Crippen molar-refractivity contribution in [3.8, 4) is 0 Å². The molecule has 0 aromatic rings. The van der Waals surface area contributed by atoms with Gasteiger partial charge in [-0.2, -0.15) is 0 Å². The standard InChI is InChI=1S/C11H19NO/c1-4-5-9-6-7(2)10(8(9)3)11(12)13/h4-5,7-10H,6H2,1-3H3,(H2,12,13)/b5-4-/t7-,8-,9+,10+/m1/s1. The minimum absolute atomic E-state index is 0.0706. The smallest absolute Gasteiger partial charge is 0.221 e. The molecule has 0 spiro atoms. The monoisotopic (exact) mass is 181 g/mol. The molecule has 74 valence electrons. The van der Waals surface area contributed by atoms with E-state index in [1.807, 2.05) is 6.92 Å². The lowest BCUT2D eigenvalue weighted by Crippen LogP contribution is -2.29. The molecule has 1 saturated carbocycles. The number of hydrogen-bond acceptors (Lipinski definition) is 1. The van der Waals surface area contributed by atoms with Gasteiger partial charge >= 0.3 is 0 Å². The molecule has 0 aromatic heterocycles. The van der Waals surface area contributed by atoms with Crippen LogP contribution in [0.3, 0.4) is 0 Å². The van der Waals surface area contributed by atoms with Crippen molar-refractivity contribution in [2.24, 2.45) is 29.4 Å². The number of rotatable bonds is 2. The molecule has 0 bridgehead atoms. The van der Waals surface area contributed by atoms with E-state index < -0.39 is 0 Å². The van der Waals surface area contributed by atoms with E-state index in [0.717, 1.165) is 6.42 Å². The highest BCUT2D eigenvalue weighted by Gasteiger charge is 2.39. The minimum Gasteiger partial charge on any atom is -0.369 e. The summed E-state index contributed by atoms with van der Waals surface area (Å²) in [5, 5.41) is 0. The molecule has 2 nitrogen and oxygen atoms in total. The van der Waals surface area contributed by atoms with Gasteiger partial charge in [0.15, 0.2) is 0 Å². The Labute approximate surface area is 80.2 Å². The molecule has 1 amide bonds. The van der Waals surface area contributed by atoms with Gasteiger partial charge in [0.2, 0.25) is 5.91 Å². The summed E-state index contributed by atoms with van der Waals surface area (Å²) in [4.78, 5) is 11.2. The summed E-state index contributed by atoms with van der Waals surface area (Å²) in [6, 6.07) is 0. The van der Waals surface area contributed by atoms with Crippen molar-refractivity contribution in [3.05, 3.63) is 12.2 Å². The first-order valence-corrected chi connectivity index (χ1v) is 5.00. The van der Waals surface area contributed by atoms with Crippen LogP contribution in [-0.4, -0.2) is 5.91 Å². The zero-order chi connectivity index (χ0) is 10.0. The van der Waals surface area contributed by atoms with Crippen LogP contribution in [-0.2, 0) is 4.79 Å². The van der Waals surface area contributed by atoms with Gasteiger partial charge in [-0.05, 0) is 31.1 Å². The molecule has 13 heavy (non-hydrogen) atoms. The van der Waals surface area contributed by atoms with Gasteiger partial charge in [0.25, 0.3) is 0 Å². The second-order valence-corrected chi connectivity index (χ2v) is 4.19. The Morgan fingerprint density at radius 2 is 2.08 bits per heavy atom. The normalized spacial score (nSPS) is 39.9. The molecule has 0 radical (unpaired) electrons. The van der Waals surface area contributed by atoms with Gasteiger partial charge < -0.3 is 5.73 Å². The van der Waals surface area contributed by atoms with Crippen molar-refractivity contribution < 1.29 is 4.79 Å². The van der Waals surface area contributed by atoms with Crippen LogP contribution in [0.2, 0.25) is 0 Å². The number of hydrogen-bond donors (Lipinski definition) is 1. The van der Waals surface area contributed by atoms with E-state index in [4.69, 9.17) is 5.73 Å². The third-order valence-electron chi connectivity index (χ3n) is 3.27. The SMILES string of the molecule is C/C=C\[C@H]1C[C@@H](C)[C@H](C(N)=O)[C@@H]1C. The van der Waals surface area contributed by atoms with Gasteiger partial charge in [0.05, 0.1) is 0 Å². The molecular weight excluding hydrogens is 162 g/mol. The van der Waals surface area contributed by atoms with Gasteiger partial charge in [-0.25, -0.2) is 0 Å². The van der Waals surface area contributed by atoms with Crippen LogP contribution in [0.25, 0.3) is 0 Å². The van der Waals surface area contributed by atoms with Gasteiger partial charge in [-0.1, -0.05) is 26.0 Å². The van der Waals surface area contributed by atoms with E-state index in [2.05, 4.69) is 26.0 Å². The van der Waals surface area contributed by atoms with Crippen molar-refractivity contribution in [1.82, 2.24) is 0 Å². The summed E-state index contributed by atoms with van der Waals surface area (Å²) in [5.74, 6) is 1.32. The van der Waals surface area contributed by atoms with Crippen LogP contribution in [0, 0.1) is 23.7 Å². The third-order valence-corrected chi connectivity index (χ3v) is 3.27. The Balaban J connectivity index is 2.74. The molecular formula is C11H19NO. The molecule has 1 rings (SSSR count). The highest BCUT2D eigenvalue weighted by atomic mass is 16.1. The summed E-state index contributed by atoms with van der Waals surface area (Å²) >= 11 is 0. The number of carbonyl (C=O) groups is 1. The minimum atomic E-state index is -0.132. The number of amides is 1. The Kier molecular flexibility index (Phi) is 3.12. The average Bonchev–Trinajstić information content (AvgIpc) is 2.28. The lowest BCUT2D eigenvalue weighted by atomic mass is 9.88. The second-order valence-electron chi connectivity index (χ2n) is 4.19. The summed E-state index contributed by atoms with van der Waals surface area (Å²) in [6.07, 6.45) is 5.36. The third kappa shape index (κ3) is 1.93. The Bertz CT molecular complexity index is 222. The van der Waals surface area contributed by atoms with Crippen LogP contribution >= 0.6 is 0 Å². The fraction of sp³-hybridized carbons (Fsp3) is 0.727. The van der Waals surface area contributed by atoms with E-state index in [1.165, 1.54) is 0 Å². The van der Waals surface area contributed by atoms with Crippen LogP contribution in [0.15, 0.2) is 12.2 Å². The molecule has 4 atom stereocenters. The van der Waals surface area contributed by atoms with Gasteiger partial charge in [-0.15, -0.1) is 0 Å². The maximum atomic E-state index is 11.2. The number of nitrogens with two attached hydrogens (primary N) is 1. The molecule has 1 fully saturated rings. The molecule has 1 aliphatic rings. The van der Waals surface area contributed by atoms with Crippen LogP contribution in [0.1, 0.15) is 27.2 Å². The average molecular weight is 181 g/mol. The predicted octanol–water partition coefficient (Wildman–Crippen LogP) is 1.96. The zero-order valence-corrected chi connectivity index (χ0v) is 8.66. The maximum absolute atomic E-state index is 11.2. The molecule has 0 aromatic carbocycles. The quantitative estimate of drug-likeness (QED) is 0.650. The largest absolute Gasteiger partial charge is 0.369 e. The first kappa shape index (κ1) is 10.3. The molecule has 2 N–H and O–H groups in total. The van der Waals surface area contributed by atoms with Gasteiger partial charge in [-0.3, -0.25) is 4.79 Å². The fourth-order valence-electron chi connectivity index (χ4n) is 2.62. The summed E-state index contributed by atoms with van der Waals surface area (Å²) in [7, 11) is 0. The van der Waals surface area contributed by atoms with E-state index >= 15 is 0 Å². The van der Waals surface area contributed by atoms with Gasteiger partial charge in [0.1, 0.15) is 0 Å². The molecule has 1 aliphatic carbocycles. The molecule has 0 unspecified atom stereocenters. The summed E-state index contributed by atoms with van der Waals surface area (Å²) in [5.41, 5.74) is 5.37. The lowest BCUT2D eigenvalue weighted by molar-refractivity contribution is -0.123. The van der Waals surface area contributed by atoms with Crippen LogP contribution in [0.4, 0.5) is 0 Å². The van der Waals surface area contributed by atoms with E-state index in [1.54, 1.807) is 0 Å². The highest BCUT2D eigenvalue weighted by molar-refractivity contribution is 5.77. The summed E-state index contributed by atoms with van der Waals surface area (Å²) < 4.78 is 0. The first-order valence-electron chi connectivity index (χ1n) is 5.00. The van der Waals surface area contributed by atoms with E-state index in [9.17, 15) is 4.79 Å². The second kappa shape index (κ2) is 3.95. The highest BCUT2D eigenvalue weighted by Crippen LogP contribution is 2.41. The molecule has 0 aliphatic heterocycles. The van der Waals surface area contributed by atoms with E-state index in [0.29, 0.717) is 17.8 Å². The Hall–Kier alpha value is -0.790. The molecule has 0 saturated heterocycles. The van der Waals surface area contributed by atoms with E-state index in [-0.39, 0.29) is 11.8 Å². The van der Waals surface area contributed by atoms with Crippen molar-refractivity contribution >= 4 is 5.91 Å². The zero-order valence-electron chi connectivity index (χ0n) is 8.66. The fourth-order valence-corrected chi connectivity index (χ4v) is 2.62. The lowest BCUT2D eigenvalue weighted by Gasteiger charge is -2.17. The van der Waals surface area contributed by atoms with Gasteiger partial charge in [0, 0.05) is 5.92 Å². The molecule has 0 heterocycles.